The molecule has 0 aliphatic carbocycles. The van der Waals surface area contributed by atoms with Gasteiger partial charge in [0.2, 0.25) is 0 Å². The number of carboxylic acids is 1. The van der Waals surface area contributed by atoms with Gasteiger partial charge in [-0.25, -0.2) is 4.79 Å². The molecule has 92 valence electrons. The Balaban J connectivity index is 2.63. The van der Waals surface area contributed by atoms with Crippen molar-refractivity contribution in [2.75, 3.05) is 0 Å². The van der Waals surface area contributed by atoms with Crippen LogP contribution in [0.3, 0.4) is 0 Å². The standard InChI is InChI=1S/C13H10O5/c1-7(14)18-9-3-4-10-8(6-9)2-5-11(15)12(10)13(16)17/h2-6,15H,1H3,(H,16,17). The van der Waals surface area contributed by atoms with Crippen LogP contribution in [0.5, 0.6) is 11.5 Å². The molecule has 0 saturated heterocycles. The maximum Gasteiger partial charge on any atom is 0.340 e. The first-order chi connectivity index (χ1) is 8.49. The lowest BCUT2D eigenvalue weighted by molar-refractivity contribution is -0.131. The average molecular weight is 246 g/mol. The highest BCUT2D eigenvalue weighted by Gasteiger charge is 2.14. The summed E-state index contributed by atoms with van der Waals surface area (Å²) in [5.74, 6) is -1.63. The molecule has 0 aliphatic heterocycles. The fraction of sp³-hybridized carbons (Fsp3) is 0.0769. The zero-order chi connectivity index (χ0) is 13.3. The van der Waals surface area contributed by atoms with Gasteiger partial charge in [0.05, 0.1) is 0 Å². The van der Waals surface area contributed by atoms with E-state index in [0.29, 0.717) is 16.5 Å². The first-order valence-electron chi connectivity index (χ1n) is 5.16. The summed E-state index contributed by atoms with van der Waals surface area (Å²) in [7, 11) is 0. The van der Waals surface area contributed by atoms with E-state index in [1.165, 1.54) is 25.1 Å². The largest absolute Gasteiger partial charge is 0.507 e. The molecule has 0 heterocycles. The maximum atomic E-state index is 11.1. The molecule has 2 aromatic rings. The summed E-state index contributed by atoms with van der Waals surface area (Å²) in [6.45, 7) is 1.28. The van der Waals surface area contributed by atoms with Crippen LogP contribution in [0.4, 0.5) is 0 Å². The summed E-state index contributed by atoms with van der Waals surface area (Å²) < 4.78 is 4.90. The van der Waals surface area contributed by atoms with Gasteiger partial charge in [0.25, 0.3) is 0 Å². The minimum absolute atomic E-state index is 0.165. The Kier molecular flexibility index (Phi) is 2.89. The second kappa shape index (κ2) is 4.37. The fourth-order valence-corrected chi connectivity index (χ4v) is 1.75. The molecular weight excluding hydrogens is 236 g/mol. The number of rotatable bonds is 2. The highest BCUT2D eigenvalue weighted by molar-refractivity contribution is 6.06. The van der Waals surface area contributed by atoms with Crippen LogP contribution in [0.25, 0.3) is 10.8 Å². The van der Waals surface area contributed by atoms with Crippen molar-refractivity contribution in [3.05, 3.63) is 35.9 Å². The van der Waals surface area contributed by atoms with Crippen molar-refractivity contribution in [1.29, 1.82) is 0 Å². The summed E-state index contributed by atoms with van der Waals surface area (Å²) in [4.78, 5) is 21.9. The van der Waals surface area contributed by atoms with Gasteiger partial charge in [-0.1, -0.05) is 6.07 Å². The van der Waals surface area contributed by atoms with E-state index < -0.39 is 11.9 Å². The minimum atomic E-state index is -1.21. The van der Waals surface area contributed by atoms with Gasteiger partial charge in [-0.15, -0.1) is 0 Å². The second-order valence-corrected chi connectivity index (χ2v) is 3.74. The van der Waals surface area contributed by atoms with Gasteiger partial charge >= 0.3 is 11.9 Å². The Morgan fingerprint density at radius 3 is 2.50 bits per heavy atom. The monoisotopic (exact) mass is 246 g/mol. The highest BCUT2D eigenvalue weighted by Crippen LogP contribution is 2.29. The molecular formula is C13H10O5. The number of fused-ring (bicyclic) bond motifs is 1. The summed E-state index contributed by atoms with van der Waals surface area (Å²) in [6.07, 6.45) is 0. The molecule has 0 aliphatic rings. The van der Waals surface area contributed by atoms with Crippen LogP contribution in [0.1, 0.15) is 17.3 Å². The predicted octanol–water partition coefficient (Wildman–Crippen LogP) is 2.17. The van der Waals surface area contributed by atoms with Gasteiger partial charge in [0.15, 0.2) is 0 Å². The van der Waals surface area contributed by atoms with Crippen LogP contribution in [-0.4, -0.2) is 22.2 Å². The molecule has 5 nitrogen and oxygen atoms in total. The van der Waals surface area contributed by atoms with Gasteiger partial charge in [-0.2, -0.15) is 0 Å². The lowest BCUT2D eigenvalue weighted by Gasteiger charge is -2.07. The quantitative estimate of drug-likeness (QED) is 0.626. The lowest BCUT2D eigenvalue weighted by Crippen LogP contribution is -2.02. The van der Waals surface area contributed by atoms with Crippen LogP contribution in [-0.2, 0) is 4.79 Å². The number of ether oxygens (including phenoxy) is 1. The third-order valence-electron chi connectivity index (χ3n) is 2.44. The minimum Gasteiger partial charge on any atom is -0.507 e. The molecule has 0 aromatic heterocycles. The zero-order valence-corrected chi connectivity index (χ0v) is 9.51. The molecule has 0 atom stereocenters. The smallest absolute Gasteiger partial charge is 0.340 e. The number of carbonyl (C=O) groups is 2. The van der Waals surface area contributed by atoms with E-state index in [-0.39, 0.29) is 11.3 Å². The van der Waals surface area contributed by atoms with Crippen LogP contribution >= 0.6 is 0 Å². The Hall–Kier alpha value is -2.56. The zero-order valence-electron chi connectivity index (χ0n) is 9.51. The number of phenols is 1. The fourth-order valence-electron chi connectivity index (χ4n) is 1.75. The van der Waals surface area contributed by atoms with Crippen molar-refractivity contribution < 1.29 is 24.5 Å². The molecule has 0 saturated carbocycles. The third kappa shape index (κ3) is 2.10. The predicted molar refractivity (Wildman–Crippen MR) is 63.9 cm³/mol. The van der Waals surface area contributed by atoms with E-state index in [2.05, 4.69) is 0 Å². The van der Waals surface area contributed by atoms with Crippen LogP contribution in [0, 0.1) is 0 Å². The van der Waals surface area contributed by atoms with Crippen molar-refractivity contribution in [2.24, 2.45) is 0 Å². The van der Waals surface area contributed by atoms with Crippen LogP contribution in [0.2, 0.25) is 0 Å². The van der Waals surface area contributed by atoms with Gasteiger partial charge in [0.1, 0.15) is 17.1 Å². The summed E-state index contributed by atoms with van der Waals surface area (Å²) >= 11 is 0. The van der Waals surface area contributed by atoms with Crippen molar-refractivity contribution in [3.8, 4) is 11.5 Å². The molecule has 0 unspecified atom stereocenters. The molecule has 2 aromatic carbocycles. The van der Waals surface area contributed by atoms with E-state index in [1.54, 1.807) is 12.1 Å². The summed E-state index contributed by atoms with van der Waals surface area (Å²) in [6, 6.07) is 7.38. The van der Waals surface area contributed by atoms with Gasteiger partial charge in [0, 0.05) is 12.3 Å². The molecule has 18 heavy (non-hydrogen) atoms. The van der Waals surface area contributed by atoms with Crippen molar-refractivity contribution in [1.82, 2.24) is 0 Å². The molecule has 0 amide bonds. The molecule has 2 rings (SSSR count). The van der Waals surface area contributed by atoms with Crippen molar-refractivity contribution in [3.63, 3.8) is 0 Å². The highest BCUT2D eigenvalue weighted by atomic mass is 16.5. The molecule has 0 fully saturated rings. The molecule has 0 bridgehead atoms. The van der Waals surface area contributed by atoms with E-state index in [9.17, 15) is 14.7 Å². The molecule has 5 heteroatoms. The van der Waals surface area contributed by atoms with Gasteiger partial charge in [-0.3, -0.25) is 4.79 Å². The first-order valence-corrected chi connectivity index (χ1v) is 5.16. The van der Waals surface area contributed by atoms with Crippen LogP contribution in [0.15, 0.2) is 30.3 Å². The van der Waals surface area contributed by atoms with E-state index in [4.69, 9.17) is 9.84 Å². The number of benzene rings is 2. The number of hydrogen-bond donors (Lipinski definition) is 2. The molecule has 2 N–H and O–H groups in total. The van der Waals surface area contributed by atoms with Crippen molar-refractivity contribution >= 4 is 22.7 Å². The number of aromatic carboxylic acids is 1. The number of esters is 1. The average Bonchev–Trinajstić information content (AvgIpc) is 2.27. The Morgan fingerprint density at radius 2 is 1.89 bits per heavy atom. The Labute approximate surface area is 102 Å². The van der Waals surface area contributed by atoms with Gasteiger partial charge in [-0.05, 0) is 29.7 Å². The Morgan fingerprint density at radius 1 is 1.17 bits per heavy atom. The first kappa shape index (κ1) is 11.9. The number of aromatic hydroxyl groups is 1. The molecule has 0 spiro atoms. The second-order valence-electron chi connectivity index (χ2n) is 3.74. The van der Waals surface area contributed by atoms with E-state index >= 15 is 0 Å². The summed E-state index contributed by atoms with van der Waals surface area (Å²) in [5.41, 5.74) is -0.165. The number of carboxylic acid groups (broad SMARTS) is 1. The van der Waals surface area contributed by atoms with E-state index in [0.717, 1.165) is 0 Å². The normalized spacial score (nSPS) is 10.3. The lowest BCUT2D eigenvalue weighted by atomic mass is 10.0. The van der Waals surface area contributed by atoms with Crippen molar-refractivity contribution in [2.45, 2.75) is 6.92 Å². The summed E-state index contributed by atoms with van der Waals surface area (Å²) in [5, 5.41) is 19.5. The number of carbonyl (C=O) groups excluding carboxylic acids is 1. The SMILES string of the molecule is CC(=O)Oc1ccc2c(C(=O)O)c(O)ccc2c1. The topological polar surface area (TPSA) is 83.8 Å². The van der Waals surface area contributed by atoms with Crippen LogP contribution < -0.4 is 4.74 Å². The third-order valence-corrected chi connectivity index (χ3v) is 2.44. The number of hydrogen-bond acceptors (Lipinski definition) is 4. The van der Waals surface area contributed by atoms with E-state index in [1.807, 2.05) is 0 Å². The molecule has 0 radical (unpaired) electrons. The maximum absolute atomic E-state index is 11.1. The van der Waals surface area contributed by atoms with Gasteiger partial charge < -0.3 is 14.9 Å². The Bertz CT molecular complexity index is 645.